The molecule has 0 amide bonds. The standard InChI is InChI=1S/C12H12N2O3/c1-14(2)9-5-3-4-8(6-9)10-7-11(12(15)16)17-13-10/h3-7H,1-2H3,(H,15,16). The van der Waals surface area contributed by atoms with Gasteiger partial charge in [0.15, 0.2) is 0 Å². The van der Waals surface area contributed by atoms with E-state index < -0.39 is 5.97 Å². The van der Waals surface area contributed by atoms with Crippen LogP contribution >= 0.6 is 0 Å². The highest BCUT2D eigenvalue weighted by Crippen LogP contribution is 2.23. The highest BCUT2D eigenvalue weighted by Gasteiger charge is 2.12. The molecular weight excluding hydrogens is 220 g/mol. The maximum Gasteiger partial charge on any atom is 0.374 e. The molecule has 17 heavy (non-hydrogen) atoms. The predicted molar refractivity (Wildman–Crippen MR) is 63.2 cm³/mol. The summed E-state index contributed by atoms with van der Waals surface area (Å²) in [7, 11) is 3.87. The van der Waals surface area contributed by atoms with E-state index in [0.717, 1.165) is 11.3 Å². The van der Waals surface area contributed by atoms with Crippen LogP contribution in [-0.2, 0) is 0 Å². The van der Waals surface area contributed by atoms with Gasteiger partial charge in [-0.3, -0.25) is 0 Å². The lowest BCUT2D eigenvalue weighted by atomic mass is 10.1. The van der Waals surface area contributed by atoms with Crippen molar-refractivity contribution in [2.75, 3.05) is 19.0 Å². The third kappa shape index (κ3) is 2.28. The van der Waals surface area contributed by atoms with E-state index in [9.17, 15) is 4.79 Å². The van der Waals surface area contributed by atoms with Gasteiger partial charge >= 0.3 is 5.97 Å². The topological polar surface area (TPSA) is 66.6 Å². The van der Waals surface area contributed by atoms with Gasteiger partial charge in [0, 0.05) is 31.4 Å². The van der Waals surface area contributed by atoms with Crippen molar-refractivity contribution in [1.82, 2.24) is 5.16 Å². The molecule has 1 heterocycles. The number of aromatic nitrogens is 1. The van der Waals surface area contributed by atoms with Gasteiger partial charge in [0.05, 0.1) is 0 Å². The van der Waals surface area contributed by atoms with Crippen molar-refractivity contribution in [2.24, 2.45) is 0 Å². The zero-order valence-corrected chi connectivity index (χ0v) is 9.54. The summed E-state index contributed by atoms with van der Waals surface area (Å²) >= 11 is 0. The lowest BCUT2D eigenvalue weighted by molar-refractivity contribution is 0.0652. The van der Waals surface area contributed by atoms with Crippen LogP contribution in [0.25, 0.3) is 11.3 Å². The largest absolute Gasteiger partial charge is 0.475 e. The lowest BCUT2D eigenvalue weighted by Gasteiger charge is -2.12. The van der Waals surface area contributed by atoms with E-state index in [4.69, 9.17) is 9.63 Å². The van der Waals surface area contributed by atoms with Gasteiger partial charge < -0.3 is 14.5 Å². The molecule has 1 aromatic heterocycles. The zero-order chi connectivity index (χ0) is 12.4. The Bertz CT molecular complexity index is 546. The van der Waals surface area contributed by atoms with Crippen molar-refractivity contribution >= 4 is 11.7 Å². The second-order valence-electron chi connectivity index (χ2n) is 3.83. The number of carboxylic acid groups (broad SMARTS) is 1. The molecule has 0 unspecified atom stereocenters. The SMILES string of the molecule is CN(C)c1cccc(-c2cc(C(=O)O)on2)c1. The first-order chi connectivity index (χ1) is 8.08. The van der Waals surface area contributed by atoms with Crippen LogP contribution in [-0.4, -0.2) is 30.3 Å². The highest BCUT2D eigenvalue weighted by molar-refractivity contribution is 5.85. The molecular formula is C12H12N2O3. The van der Waals surface area contributed by atoms with Gasteiger partial charge in [-0.1, -0.05) is 17.3 Å². The molecule has 0 radical (unpaired) electrons. The first kappa shape index (κ1) is 11.2. The quantitative estimate of drug-likeness (QED) is 0.877. The van der Waals surface area contributed by atoms with Gasteiger partial charge in [0.25, 0.3) is 0 Å². The van der Waals surface area contributed by atoms with Crippen molar-refractivity contribution in [1.29, 1.82) is 0 Å². The first-order valence-corrected chi connectivity index (χ1v) is 5.05. The number of nitrogens with zero attached hydrogens (tertiary/aromatic N) is 2. The molecule has 0 fully saturated rings. The Labute approximate surface area is 98.3 Å². The average Bonchev–Trinajstić information content (AvgIpc) is 2.78. The van der Waals surface area contributed by atoms with Crippen molar-refractivity contribution in [3.63, 3.8) is 0 Å². The van der Waals surface area contributed by atoms with Gasteiger partial charge in [-0.2, -0.15) is 0 Å². The highest BCUT2D eigenvalue weighted by atomic mass is 16.5. The second-order valence-corrected chi connectivity index (χ2v) is 3.83. The lowest BCUT2D eigenvalue weighted by Crippen LogP contribution is -2.08. The molecule has 5 nitrogen and oxygen atoms in total. The number of hydrogen-bond donors (Lipinski definition) is 1. The molecule has 0 aliphatic rings. The molecule has 88 valence electrons. The fourth-order valence-electron chi connectivity index (χ4n) is 1.46. The molecule has 0 atom stereocenters. The summed E-state index contributed by atoms with van der Waals surface area (Å²) in [4.78, 5) is 12.6. The van der Waals surface area contributed by atoms with Gasteiger partial charge in [-0.05, 0) is 12.1 Å². The Balaban J connectivity index is 2.38. The fourth-order valence-corrected chi connectivity index (χ4v) is 1.46. The summed E-state index contributed by atoms with van der Waals surface area (Å²) in [5.74, 6) is -1.28. The molecule has 0 saturated heterocycles. The molecule has 1 aromatic carbocycles. The maximum absolute atomic E-state index is 10.7. The molecule has 5 heteroatoms. The molecule has 0 aliphatic heterocycles. The van der Waals surface area contributed by atoms with Crippen molar-refractivity contribution in [3.05, 3.63) is 36.1 Å². The smallest absolute Gasteiger partial charge is 0.374 e. The minimum Gasteiger partial charge on any atom is -0.475 e. The summed E-state index contributed by atoms with van der Waals surface area (Å²) in [6.07, 6.45) is 0. The third-order valence-corrected chi connectivity index (χ3v) is 2.38. The van der Waals surface area contributed by atoms with Crippen LogP contribution in [0.1, 0.15) is 10.6 Å². The Morgan fingerprint density at radius 2 is 2.12 bits per heavy atom. The Morgan fingerprint density at radius 3 is 2.71 bits per heavy atom. The van der Waals surface area contributed by atoms with Gasteiger partial charge in [0.2, 0.25) is 5.76 Å². The molecule has 2 rings (SSSR count). The van der Waals surface area contributed by atoms with E-state index >= 15 is 0 Å². The summed E-state index contributed by atoms with van der Waals surface area (Å²) in [6.45, 7) is 0. The van der Waals surface area contributed by atoms with Crippen LogP contribution in [0, 0.1) is 0 Å². The van der Waals surface area contributed by atoms with Gasteiger partial charge in [-0.15, -0.1) is 0 Å². The normalized spacial score (nSPS) is 10.2. The van der Waals surface area contributed by atoms with E-state index in [1.165, 1.54) is 6.07 Å². The van der Waals surface area contributed by atoms with Crippen molar-refractivity contribution in [3.8, 4) is 11.3 Å². The average molecular weight is 232 g/mol. The van der Waals surface area contributed by atoms with E-state index in [0.29, 0.717) is 5.69 Å². The van der Waals surface area contributed by atoms with E-state index in [1.54, 1.807) is 0 Å². The zero-order valence-electron chi connectivity index (χ0n) is 9.54. The number of rotatable bonds is 3. The molecule has 0 aliphatic carbocycles. The number of benzene rings is 1. The monoisotopic (exact) mass is 232 g/mol. The minimum absolute atomic E-state index is 0.157. The summed E-state index contributed by atoms with van der Waals surface area (Å²) in [5.41, 5.74) is 2.36. The first-order valence-electron chi connectivity index (χ1n) is 5.05. The Hall–Kier alpha value is -2.30. The van der Waals surface area contributed by atoms with E-state index in [-0.39, 0.29) is 5.76 Å². The molecule has 0 spiro atoms. The van der Waals surface area contributed by atoms with Crippen molar-refractivity contribution < 1.29 is 14.4 Å². The summed E-state index contributed by atoms with van der Waals surface area (Å²) < 4.78 is 4.72. The Morgan fingerprint density at radius 1 is 1.35 bits per heavy atom. The maximum atomic E-state index is 10.7. The molecule has 0 saturated carbocycles. The number of anilines is 1. The van der Waals surface area contributed by atoms with Crippen LogP contribution in [0.2, 0.25) is 0 Å². The minimum atomic E-state index is -1.12. The number of hydrogen-bond acceptors (Lipinski definition) is 4. The van der Waals surface area contributed by atoms with Crippen LogP contribution < -0.4 is 4.90 Å². The van der Waals surface area contributed by atoms with Crippen LogP contribution in [0.15, 0.2) is 34.9 Å². The van der Waals surface area contributed by atoms with Crippen LogP contribution in [0.3, 0.4) is 0 Å². The molecule has 0 bridgehead atoms. The molecule has 1 N–H and O–H groups in total. The predicted octanol–water partition coefficient (Wildman–Crippen LogP) is 2.11. The number of carboxylic acids is 1. The van der Waals surface area contributed by atoms with Crippen LogP contribution in [0.4, 0.5) is 5.69 Å². The number of aromatic carboxylic acids is 1. The Kier molecular flexibility index (Phi) is 2.82. The van der Waals surface area contributed by atoms with E-state index in [1.807, 2.05) is 43.3 Å². The fraction of sp³-hybridized carbons (Fsp3) is 0.167. The second kappa shape index (κ2) is 4.29. The van der Waals surface area contributed by atoms with Crippen LogP contribution in [0.5, 0.6) is 0 Å². The molecule has 2 aromatic rings. The van der Waals surface area contributed by atoms with Crippen molar-refractivity contribution in [2.45, 2.75) is 0 Å². The summed E-state index contributed by atoms with van der Waals surface area (Å²) in [6, 6.07) is 9.04. The third-order valence-electron chi connectivity index (χ3n) is 2.38. The number of carbonyl (C=O) groups is 1. The van der Waals surface area contributed by atoms with Gasteiger partial charge in [0.1, 0.15) is 5.69 Å². The van der Waals surface area contributed by atoms with E-state index in [2.05, 4.69) is 5.16 Å². The van der Waals surface area contributed by atoms with Gasteiger partial charge in [-0.25, -0.2) is 4.79 Å². The summed E-state index contributed by atoms with van der Waals surface area (Å²) in [5, 5.41) is 12.5.